The van der Waals surface area contributed by atoms with Crippen LogP contribution >= 0.6 is 0 Å². The topological polar surface area (TPSA) is 121 Å². The molecule has 9 nitrogen and oxygen atoms in total. The zero-order chi connectivity index (χ0) is 18.1. The fourth-order valence-electron chi connectivity index (χ4n) is 1.93. The maximum absolute atomic E-state index is 12.2. The highest BCUT2D eigenvalue weighted by Crippen LogP contribution is 2.15. The third kappa shape index (κ3) is 5.04. The van der Waals surface area contributed by atoms with Gasteiger partial charge in [-0.2, -0.15) is 0 Å². The number of carbonyl (C=O) groups excluding carboxylic acids is 4. The van der Waals surface area contributed by atoms with E-state index in [9.17, 15) is 19.2 Å². The molecular weight excluding hydrogens is 320 g/mol. The van der Waals surface area contributed by atoms with E-state index >= 15 is 0 Å². The van der Waals surface area contributed by atoms with Gasteiger partial charge in [0.1, 0.15) is 6.04 Å². The largest absolute Gasteiger partial charge is 0.469 e. The number of hydrogen-bond donors (Lipinski definition) is 1. The van der Waals surface area contributed by atoms with E-state index < -0.39 is 42.2 Å². The van der Waals surface area contributed by atoms with Crippen molar-refractivity contribution < 1.29 is 33.4 Å². The van der Waals surface area contributed by atoms with Crippen molar-refractivity contribution in [3.8, 4) is 0 Å². The highest BCUT2D eigenvalue weighted by molar-refractivity contribution is 5.98. The van der Waals surface area contributed by atoms with E-state index in [2.05, 4.69) is 24.5 Å². The molecule has 1 rings (SSSR count). The second kappa shape index (κ2) is 9.23. The molecule has 2 atom stereocenters. The second-order valence-electron chi connectivity index (χ2n) is 4.62. The minimum atomic E-state index is -1.41. The van der Waals surface area contributed by atoms with Crippen LogP contribution in [0.5, 0.6) is 0 Å². The number of amides is 1. The summed E-state index contributed by atoms with van der Waals surface area (Å²) in [4.78, 5) is 51.5. The third-order valence-electron chi connectivity index (χ3n) is 3.20. The highest BCUT2D eigenvalue weighted by atomic mass is 16.5. The summed E-state index contributed by atoms with van der Waals surface area (Å²) in [5.74, 6) is -4.41. The molecule has 0 radical (unpaired) electrons. The van der Waals surface area contributed by atoms with E-state index in [-0.39, 0.29) is 5.56 Å². The van der Waals surface area contributed by atoms with E-state index in [0.717, 1.165) is 21.3 Å². The van der Waals surface area contributed by atoms with Gasteiger partial charge in [0.05, 0.1) is 33.7 Å². The van der Waals surface area contributed by atoms with Crippen LogP contribution in [0.3, 0.4) is 0 Å². The number of methoxy groups -OCH3 is 3. The lowest BCUT2D eigenvalue weighted by molar-refractivity contribution is -0.158. The smallest absolute Gasteiger partial charge is 0.329 e. The van der Waals surface area contributed by atoms with Gasteiger partial charge in [0, 0.05) is 18.0 Å². The van der Waals surface area contributed by atoms with Gasteiger partial charge in [-0.05, 0) is 12.1 Å². The van der Waals surface area contributed by atoms with Crippen molar-refractivity contribution in [2.75, 3.05) is 21.3 Å². The van der Waals surface area contributed by atoms with E-state index in [1.807, 2.05) is 0 Å². The molecule has 0 bridgehead atoms. The fourth-order valence-corrected chi connectivity index (χ4v) is 1.93. The Morgan fingerprint density at radius 3 is 2.08 bits per heavy atom. The second-order valence-corrected chi connectivity index (χ2v) is 4.62. The third-order valence-corrected chi connectivity index (χ3v) is 3.20. The highest BCUT2D eigenvalue weighted by Gasteiger charge is 2.38. The van der Waals surface area contributed by atoms with Gasteiger partial charge >= 0.3 is 17.9 Å². The normalized spacial score (nSPS) is 12.5. The molecule has 0 saturated heterocycles. The van der Waals surface area contributed by atoms with Gasteiger partial charge in [-0.3, -0.25) is 19.4 Å². The number of nitrogens with zero attached hydrogens (tertiary/aromatic N) is 1. The van der Waals surface area contributed by atoms with Crippen LogP contribution in [0, 0.1) is 5.92 Å². The standard InChI is InChI=1S/C15H18N2O7/c1-22-11(18)8-10(14(20)23-2)12(15(21)24-3)17-13(19)9-4-6-16-7-5-9/h4-7,10,12H,8H2,1-3H3,(H,17,19)/t10-,12-/m0/s1. The first-order valence-electron chi connectivity index (χ1n) is 6.88. The molecular formula is C15H18N2O7. The molecule has 24 heavy (non-hydrogen) atoms. The predicted molar refractivity (Wildman–Crippen MR) is 79.6 cm³/mol. The Bertz CT molecular complexity index is 603. The summed E-state index contributed by atoms with van der Waals surface area (Å²) in [6.45, 7) is 0. The van der Waals surface area contributed by atoms with Crippen molar-refractivity contribution in [2.45, 2.75) is 12.5 Å². The molecule has 0 aliphatic rings. The molecule has 1 aromatic rings. The van der Waals surface area contributed by atoms with Gasteiger partial charge in [-0.15, -0.1) is 0 Å². The van der Waals surface area contributed by atoms with E-state index in [4.69, 9.17) is 0 Å². The van der Waals surface area contributed by atoms with E-state index in [1.165, 1.54) is 24.5 Å². The summed E-state index contributed by atoms with van der Waals surface area (Å²) in [6, 6.07) is 1.44. The lowest BCUT2D eigenvalue weighted by Gasteiger charge is -2.23. The fraction of sp³-hybridized carbons (Fsp3) is 0.400. The van der Waals surface area contributed by atoms with Crippen molar-refractivity contribution in [3.63, 3.8) is 0 Å². The number of carbonyl (C=O) groups is 4. The molecule has 0 unspecified atom stereocenters. The molecule has 0 aromatic carbocycles. The molecule has 1 aromatic heterocycles. The zero-order valence-corrected chi connectivity index (χ0v) is 13.5. The number of hydrogen-bond acceptors (Lipinski definition) is 8. The minimum absolute atomic E-state index is 0.223. The van der Waals surface area contributed by atoms with Crippen LogP contribution in [0.2, 0.25) is 0 Å². The van der Waals surface area contributed by atoms with Gasteiger partial charge < -0.3 is 19.5 Å². The SMILES string of the molecule is COC(=O)C[C@H](C(=O)OC)[C@H](NC(=O)c1ccncc1)C(=O)OC. The quantitative estimate of drug-likeness (QED) is 0.531. The van der Waals surface area contributed by atoms with Crippen molar-refractivity contribution in [1.29, 1.82) is 0 Å². The first-order valence-corrected chi connectivity index (χ1v) is 6.88. The Labute approximate surface area is 138 Å². The maximum atomic E-state index is 12.2. The first kappa shape index (κ1) is 19.1. The molecule has 0 saturated carbocycles. The molecule has 0 aliphatic heterocycles. The van der Waals surface area contributed by atoms with Crippen LogP contribution in [0.15, 0.2) is 24.5 Å². The number of ether oxygens (including phenoxy) is 3. The summed E-state index contributed by atoms with van der Waals surface area (Å²) in [6.07, 6.45) is 2.34. The number of rotatable bonds is 7. The number of nitrogens with one attached hydrogen (secondary N) is 1. The maximum Gasteiger partial charge on any atom is 0.329 e. The van der Waals surface area contributed by atoms with Gasteiger partial charge in [-0.1, -0.05) is 0 Å². The van der Waals surface area contributed by atoms with Crippen molar-refractivity contribution in [2.24, 2.45) is 5.92 Å². The lowest BCUT2D eigenvalue weighted by Crippen LogP contribution is -2.50. The molecule has 1 heterocycles. The van der Waals surface area contributed by atoms with Crippen LogP contribution in [0.1, 0.15) is 16.8 Å². The van der Waals surface area contributed by atoms with Crippen LogP contribution in [0.4, 0.5) is 0 Å². The van der Waals surface area contributed by atoms with Crippen molar-refractivity contribution >= 4 is 23.8 Å². The summed E-state index contributed by atoms with van der Waals surface area (Å²) in [5, 5.41) is 2.38. The van der Waals surface area contributed by atoms with Crippen molar-refractivity contribution in [1.82, 2.24) is 10.3 Å². The Hall–Kier alpha value is -2.97. The zero-order valence-electron chi connectivity index (χ0n) is 13.5. The average Bonchev–Trinajstić information content (AvgIpc) is 2.63. The molecule has 0 fully saturated rings. The molecule has 9 heteroatoms. The van der Waals surface area contributed by atoms with Crippen LogP contribution < -0.4 is 5.32 Å². The summed E-state index contributed by atoms with van der Waals surface area (Å²) >= 11 is 0. The van der Waals surface area contributed by atoms with E-state index in [1.54, 1.807) is 0 Å². The van der Waals surface area contributed by atoms with Gasteiger partial charge in [0.15, 0.2) is 0 Å². The van der Waals surface area contributed by atoms with Gasteiger partial charge in [-0.25, -0.2) is 4.79 Å². The molecule has 1 amide bonds. The summed E-state index contributed by atoms with van der Waals surface area (Å²) in [5.41, 5.74) is 0.223. The Kier molecular flexibility index (Phi) is 7.34. The monoisotopic (exact) mass is 338 g/mol. The molecule has 0 spiro atoms. The lowest BCUT2D eigenvalue weighted by atomic mass is 9.95. The minimum Gasteiger partial charge on any atom is -0.469 e. The summed E-state index contributed by atoms with van der Waals surface area (Å²) < 4.78 is 13.7. The first-order chi connectivity index (χ1) is 11.4. The van der Waals surface area contributed by atoms with Gasteiger partial charge in [0.2, 0.25) is 0 Å². The van der Waals surface area contributed by atoms with Crippen molar-refractivity contribution in [3.05, 3.63) is 30.1 Å². The Balaban J connectivity index is 3.07. The van der Waals surface area contributed by atoms with Crippen LogP contribution in [-0.4, -0.2) is 56.2 Å². The summed E-state index contributed by atoms with van der Waals surface area (Å²) in [7, 11) is 3.34. The number of esters is 3. The Morgan fingerprint density at radius 1 is 1.00 bits per heavy atom. The predicted octanol–water partition coefficient (Wildman–Crippen LogP) is -0.295. The molecule has 1 N–H and O–H groups in total. The molecule has 130 valence electrons. The molecule has 0 aliphatic carbocycles. The van der Waals surface area contributed by atoms with Crippen LogP contribution in [0.25, 0.3) is 0 Å². The number of pyridine rings is 1. The van der Waals surface area contributed by atoms with Crippen LogP contribution in [-0.2, 0) is 28.6 Å². The average molecular weight is 338 g/mol. The Morgan fingerprint density at radius 2 is 1.58 bits per heavy atom. The number of aromatic nitrogens is 1. The van der Waals surface area contributed by atoms with E-state index in [0.29, 0.717) is 0 Å². The van der Waals surface area contributed by atoms with Gasteiger partial charge in [0.25, 0.3) is 5.91 Å².